The van der Waals surface area contributed by atoms with Crippen LogP contribution in [0.1, 0.15) is 34.2 Å². The first kappa shape index (κ1) is 20.2. The third-order valence-electron chi connectivity index (χ3n) is 4.43. The van der Waals surface area contributed by atoms with Crippen molar-refractivity contribution < 1.29 is 9.21 Å². The molecule has 0 unspecified atom stereocenters. The maximum absolute atomic E-state index is 12.0. The van der Waals surface area contributed by atoms with Crippen LogP contribution < -0.4 is 16.0 Å². The van der Waals surface area contributed by atoms with E-state index in [0.29, 0.717) is 12.2 Å². The summed E-state index contributed by atoms with van der Waals surface area (Å²) in [5.41, 5.74) is 4.26. The number of aryl methyl sites for hydroxylation is 1. The summed E-state index contributed by atoms with van der Waals surface area (Å²) >= 11 is 0. The van der Waals surface area contributed by atoms with Gasteiger partial charge in [-0.1, -0.05) is 36.4 Å². The van der Waals surface area contributed by atoms with E-state index in [4.69, 9.17) is 4.42 Å². The lowest BCUT2D eigenvalue weighted by atomic mass is 10.1. The standard InChI is InChI=1S/C23H26N4O2/c1-3-24-23(26-16-19-8-5-4-7-17(19)2)25-15-18-10-12-20(13-11-18)27-22(28)21-9-6-14-29-21/h4-14H,3,15-16H2,1-2H3,(H,27,28)(H2,24,25,26). The molecule has 0 saturated carbocycles. The lowest BCUT2D eigenvalue weighted by Gasteiger charge is -2.13. The van der Waals surface area contributed by atoms with Crippen molar-refractivity contribution in [3.8, 4) is 0 Å². The molecule has 0 saturated heterocycles. The minimum atomic E-state index is -0.268. The van der Waals surface area contributed by atoms with Gasteiger partial charge in [-0.15, -0.1) is 0 Å². The van der Waals surface area contributed by atoms with E-state index in [1.54, 1.807) is 12.1 Å². The summed E-state index contributed by atoms with van der Waals surface area (Å²) in [4.78, 5) is 16.7. The first-order valence-corrected chi connectivity index (χ1v) is 9.66. The Kier molecular flexibility index (Phi) is 7.05. The third kappa shape index (κ3) is 5.97. The summed E-state index contributed by atoms with van der Waals surface area (Å²) in [5, 5.41) is 9.45. The average Bonchev–Trinajstić information content (AvgIpc) is 3.27. The van der Waals surface area contributed by atoms with Crippen molar-refractivity contribution in [2.24, 2.45) is 4.99 Å². The van der Waals surface area contributed by atoms with Crippen LogP contribution in [0.15, 0.2) is 76.3 Å². The predicted octanol–water partition coefficient (Wildman–Crippen LogP) is 4.10. The Labute approximate surface area is 171 Å². The fraction of sp³-hybridized carbons (Fsp3) is 0.217. The van der Waals surface area contributed by atoms with E-state index >= 15 is 0 Å². The number of benzene rings is 2. The number of carbonyl (C=O) groups is 1. The minimum absolute atomic E-state index is 0.268. The molecule has 3 rings (SSSR count). The molecule has 29 heavy (non-hydrogen) atoms. The SMILES string of the molecule is CCNC(=NCc1ccc(NC(=O)c2ccco2)cc1)NCc1ccccc1C. The molecule has 0 aliphatic carbocycles. The van der Waals surface area contributed by atoms with E-state index < -0.39 is 0 Å². The van der Waals surface area contributed by atoms with Crippen molar-refractivity contribution in [1.29, 1.82) is 0 Å². The normalized spacial score (nSPS) is 11.2. The van der Waals surface area contributed by atoms with Crippen LogP contribution in [0.4, 0.5) is 5.69 Å². The highest BCUT2D eigenvalue weighted by Crippen LogP contribution is 2.12. The van der Waals surface area contributed by atoms with Crippen molar-refractivity contribution in [3.05, 3.63) is 89.4 Å². The molecule has 1 amide bonds. The molecule has 0 fully saturated rings. The van der Waals surface area contributed by atoms with E-state index in [1.165, 1.54) is 17.4 Å². The molecule has 1 aromatic heterocycles. The fourth-order valence-corrected chi connectivity index (χ4v) is 2.79. The maximum atomic E-state index is 12.0. The van der Waals surface area contributed by atoms with E-state index in [-0.39, 0.29) is 11.7 Å². The molecule has 3 aromatic rings. The second-order valence-electron chi connectivity index (χ2n) is 6.60. The van der Waals surface area contributed by atoms with Gasteiger partial charge in [0.15, 0.2) is 11.7 Å². The zero-order valence-corrected chi connectivity index (χ0v) is 16.7. The molecule has 0 atom stereocenters. The van der Waals surface area contributed by atoms with Gasteiger partial charge in [-0.05, 0) is 54.8 Å². The average molecular weight is 390 g/mol. The van der Waals surface area contributed by atoms with Gasteiger partial charge in [0, 0.05) is 18.8 Å². The Bertz CT molecular complexity index is 947. The Balaban J connectivity index is 1.57. The quantitative estimate of drug-likeness (QED) is 0.419. The van der Waals surface area contributed by atoms with Crippen LogP contribution in [0.3, 0.4) is 0 Å². The molecule has 0 aliphatic rings. The van der Waals surface area contributed by atoms with Crippen molar-refractivity contribution in [2.45, 2.75) is 26.9 Å². The van der Waals surface area contributed by atoms with E-state index in [0.717, 1.165) is 24.6 Å². The van der Waals surface area contributed by atoms with E-state index in [9.17, 15) is 4.79 Å². The van der Waals surface area contributed by atoms with Gasteiger partial charge in [0.05, 0.1) is 12.8 Å². The van der Waals surface area contributed by atoms with Crippen LogP contribution >= 0.6 is 0 Å². The molecular weight excluding hydrogens is 364 g/mol. The summed E-state index contributed by atoms with van der Waals surface area (Å²) < 4.78 is 5.10. The molecule has 2 aromatic carbocycles. The van der Waals surface area contributed by atoms with Crippen molar-refractivity contribution >= 4 is 17.6 Å². The zero-order valence-electron chi connectivity index (χ0n) is 16.7. The summed E-state index contributed by atoms with van der Waals surface area (Å²) in [7, 11) is 0. The number of hydrogen-bond acceptors (Lipinski definition) is 3. The Hall–Kier alpha value is -3.54. The van der Waals surface area contributed by atoms with Gasteiger partial charge in [0.1, 0.15) is 0 Å². The third-order valence-corrected chi connectivity index (χ3v) is 4.43. The van der Waals surface area contributed by atoms with Crippen LogP contribution in [0, 0.1) is 6.92 Å². The number of nitrogens with one attached hydrogen (secondary N) is 3. The van der Waals surface area contributed by atoms with Gasteiger partial charge in [0.2, 0.25) is 0 Å². The minimum Gasteiger partial charge on any atom is -0.459 e. The van der Waals surface area contributed by atoms with Crippen LogP contribution in [0.25, 0.3) is 0 Å². The number of aliphatic imine (C=N–C) groups is 1. The number of carbonyl (C=O) groups excluding carboxylic acids is 1. The number of anilines is 1. The highest BCUT2D eigenvalue weighted by molar-refractivity contribution is 6.02. The topological polar surface area (TPSA) is 78.7 Å². The Morgan fingerprint density at radius 3 is 2.48 bits per heavy atom. The van der Waals surface area contributed by atoms with Gasteiger partial charge in [-0.25, -0.2) is 4.99 Å². The summed E-state index contributed by atoms with van der Waals surface area (Å²) in [6.07, 6.45) is 1.48. The van der Waals surface area contributed by atoms with Crippen molar-refractivity contribution in [1.82, 2.24) is 10.6 Å². The van der Waals surface area contributed by atoms with Gasteiger partial charge in [0.25, 0.3) is 5.91 Å². The van der Waals surface area contributed by atoms with E-state index in [2.05, 4.69) is 40.0 Å². The van der Waals surface area contributed by atoms with Crippen molar-refractivity contribution in [3.63, 3.8) is 0 Å². The molecule has 1 heterocycles. The molecule has 6 nitrogen and oxygen atoms in total. The van der Waals surface area contributed by atoms with Crippen LogP contribution in [-0.2, 0) is 13.1 Å². The molecule has 0 aliphatic heterocycles. The maximum Gasteiger partial charge on any atom is 0.291 e. The van der Waals surface area contributed by atoms with Crippen LogP contribution in [-0.4, -0.2) is 18.4 Å². The molecular formula is C23H26N4O2. The monoisotopic (exact) mass is 390 g/mol. The summed E-state index contributed by atoms with van der Waals surface area (Å²) in [5.74, 6) is 0.787. The van der Waals surface area contributed by atoms with Crippen LogP contribution in [0.2, 0.25) is 0 Å². The molecule has 150 valence electrons. The molecule has 0 radical (unpaired) electrons. The number of furan rings is 1. The number of guanidine groups is 1. The van der Waals surface area contributed by atoms with Crippen LogP contribution in [0.5, 0.6) is 0 Å². The Morgan fingerprint density at radius 2 is 1.79 bits per heavy atom. The van der Waals surface area contributed by atoms with Gasteiger partial charge in [-0.2, -0.15) is 0 Å². The number of amides is 1. The first-order chi connectivity index (χ1) is 14.2. The molecule has 6 heteroatoms. The van der Waals surface area contributed by atoms with Gasteiger partial charge < -0.3 is 20.4 Å². The van der Waals surface area contributed by atoms with Gasteiger partial charge >= 0.3 is 0 Å². The molecule has 3 N–H and O–H groups in total. The first-order valence-electron chi connectivity index (χ1n) is 9.66. The van der Waals surface area contributed by atoms with E-state index in [1.807, 2.05) is 43.3 Å². The number of rotatable bonds is 7. The van der Waals surface area contributed by atoms with Crippen molar-refractivity contribution in [2.75, 3.05) is 11.9 Å². The summed E-state index contributed by atoms with van der Waals surface area (Å²) in [6.45, 7) is 6.19. The zero-order chi connectivity index (χ0) is 20.5. The smallest absolute Gasteiger partial charge is 0.291 e. The highest BCUT2D eigenvalue weighted by atomic mass is 16.3. The summed E-state index contributed by atoms with van der Waals surface area (Å²) in [6, 6.07) is 19.2. The lowest BCUT2D eigenvalue weighted by molar-refractivity contribution is 0.0996. The van der Waals surface area contributed by atoms with Gasteiger partial charge in [-0.3, -0.25) is 4.79 Å². The Morgan fingerprint density at radius 1 is 1.00 bits per heavy atom. The largest absolute Gasteiger partial charge is 0.459 e. The lowest BCUT2D eigenvalue weighted by Crippen LogP contribution is -2.36. The highest BCUT2D eigenvalue weighted by Gasteiger charge is 2.08. The number of hydrogen-bond donors (Lipinski definition) is 3. The molecule has 0 spiro atoms. The second-order valence-corrected chi connectivity index (χ2v) is 6.60. The second kappa shape index (κ2) is 10.1. The number of nitrogens with zero attached hydrogens (tertiary/aromatic N) is 1. The predicted molar refractivity (Wildman–Crippen MR) is 116 cm³/mol. The fourth-order valence-electron chi connectivity index (χ4n) is 2.79. The molecule has 0 bridgehead atoms.